The summed E-state index contributed by atoms with van der Waals surface area (Å²) in [4.78, 5) is 5.43. The van der Waals surface area contributed by atoms with E-state index in [4.69, 9.17) is 5.73 Å². The van der Waals surface area contributed by atoms with Crippen molar-refractivity contribution in [2.45, 2.75) is 69.1 Å². The molecule has 3 nitrogen and oxygen atoms in total. The van der Waals surface area contributed by atoms with Gasteiger partial charge in [0, 0.05) is 30.7 Å². The first-order valence-corrected chi connectivity index (χ1v) is 7.45. The van der Waals surface area contributed by atoms with Crippen LogP contribution in [0.15, 0.2) is 0 Å². The molecule has 3 heteroatoms. The molecule has 3 rings (SSSR count). The third-order valence-corrected chi connectivity index (χ3v) is 5.44. The van der Waals surface area contributed by atoms with Gasteiger partial charge in [-0.05, 0) is 58.5 Å². The van der Waals surface area contributed by atoms with E-state index in [1.54, 1.807) is 0 Å². The van der Waals surface area contributed by atoms with Crippen molar-refractivity contribution in [1.29, 1.82) is 0 Å². The normalized spacial score (nSPS) is 44.8. The Bertz CT molecular complexity index is 260. The molecule has 0 spiro atoms. The van der Waals surface area contributed by atoms with E-state index in [0.717, 1.165) is 18.1 Å². The quantitative estimate of drug-likeness (QED) is 0.749. The van der Waals surface area contributed by atoms with Crippen LogP contribution in [0.5, 0.6) is 0 Å². The fourth-order valence-electron chi connectivity index (χ4n) is 4.13. The van der Waals surface area contributed by atoms with Gasteiger partial charge in [0.25, 0.3) is 0 Å². The third kappa shape index (κ3) is 2.38. The van der Waals surface area contributed by atoms with Crippen molar-refractivity contribution in [3.8, 4) is 0 Å². The van der Waals surface area contributed by atoms with E-state index in [0.29, 0.717) is 6.04 Å². The van der Waals surface area contributed by atoms with Crippen LogP contribution < -0.4 is 5.73 Å². The van der Waals surface area contributed by atoms with Crippen LogP contribution in [-0.4, -0.2) is 54.1 Å². The van der Waals surface area contributed by atoms with Crippen molar-refractivity contribution in [1.82, 2.24) is 9.80 Å². The van der Waals surface area contributed by atoms with Gasteiger partial charge in [0.05, 0.1) is 0 Å². The minimum Gasteiger partial charge on any atom is -0.328 e. The van der Waals surface area contributed by atoms with Crippen molar-refractivity contribution in [3.63, 3.8) is 0 Å². The molecule has 0 aromatic carbocycles. The molecule has 2 aliphatic heterocycles. The van der Waals surface area contributed by atoms with Crippen molar-refractivity contribution in [3.05, 3.63) is 0 Å². The van der Waals surface area contributed by atoms with Crippen LogP contribution in [0.1, 0.15) is 44.9 Å². The van der Waals surface area contributed by atoms with Gasteiger partial charge in [-0.2, -0.15) is 0 Å². The van der Waals surface area contributed by atoms with E-state index >= 15 is 0 Å². The van der Waals surface area contributed by atoms with E-state index in [9.17, 15) is 0 Å². The minimum atomic E-state index is 0.484. The maximum absolute atomic E-state index is 6.01. The minimum absolute atomic E-state index is 0.484. The summed E-state index contributed by atoms with van der Waals surface area (Å²) >= 11 is 0. The van der Waals surface area contributed by atoms with Crippen LogP contribution in [0.25, 0.3) is 0 Å². The molecule has 1 saturated carbocycles. The first-order valence-electron chi connectivity index (χ1n) is 7.45. The molecule has 3 fully saturated rings. The summed E-state index contributed by atoms with van der Waals surface area (Å²) in [6.45, 7) is 2.64. The number of hydrogen-bond acceptors (Lipinski definition) is 3. The number of fused-ring (bicyclic) bond motifs is 2. The molecule has 2 bridgehead atoms. The average molecular weight is 237 g/mol. The molecule has 2 saturated heterocycles. The first kappa shape index (κ1) is 11.9. The maximum Gasteiger partial charge on any atom is 0.0223 e. The van der Waals surface area contributed by atoms with Crippen molar-refractivity contribution in [2.75, 3.05) is 20.1 Å². The first-order chi connectivity index (χ1) is 8.24. The SMILES string of the molecule is CN1C2CCC1CN(C1CCC(N)CC1)CC2. The molecule has 2 N–H and O–H groups in total. The van der Waals surface area contributed by atoms with Crippen LogP contribution in [-0.2, 0) is 0 Å². The Balaban J connectivity index is 1.61. The largest absolute Gasteiger partial charge is 0.328 e. The Morgan fingerprint density at radius 1 is 0.824 bits per heavy atom. The monoisotopic (exact) mass is 237 g/mol. The predicted octanol–water partition coefficient (Wildman–Crippen LogP) is 1.42. The zero-order chi connectivity index (χ0) is 11.8. The van der Waals surface area contributed by atoms with E-state index in [1.807, 2.05) is 0 Å². The number of rotatable bonds is 1. The molecular formula is C14H27N3. The molecule has 0 radical (unpaired) electrons. The van der Waals surface area contributed by atoms with E-state index < -0.39 is 0 Å². The fourth-order valence-corrected chi connectivity index (χ4v) is 4.13. The molecule has 0 aromatic rings. The van der Waals surface area contributed by atoms with Crippen LogP contribution in [0.2, 0.25) is 0 Å². The fraction of sp³-hybridized carbons (Fsp3) is 1.00. The Kier molecular flexibility index (Phi) is 3.42. The Morgan fingerprint density at radius 3 is 2.24 bits per heavy atom. The zero-order valence-corrected chi connectivity index (χ0v) is 11.1. The van der Waals surface area contributed by atoms with Crippen LogP contribution >= 0.6 is 0 Å². The molecule has 0 aromatic heterocycles. The van der Waals surface area contributed by atoms with Gasteiger partial charge in [0.2, 0.25) is 0 Å². The summed E-state index contributed by atoms with van der Waals surface area (Å²) in [5.41, 5.74) is 6.01. The van der Waals surface area contributed by atoms with E-state index in [-0.39, 0.29) is 0 Å². The van der Waals surface area contributed by atoms with Gasteiger partial charge in [0.15, 0.2) is 0 Å². The average Bonchev–Trinajstić information content (AvgIpc) is 2.55. The predicted molar refractivity (Wildman–Crippen MR) is 71.0 cm³/mol. The summed E-state index contributed by atoms with van der Waals surface area (Å²) < 4.78 is 0. The zero-order valence-electron chi connectivity index (χ0n) is 11.1. The van der Waals surface area contributed by atoms with Crippen LogP contribution in [0.3, 0.4) is 0 Å². The van der Waals surface area contributed by atoms with Gasteiger partial charge < -0.3 is 5.73 Å². The Morgan fingerprint density at radius 2 is 1.47 bits per heavy atom. The van der Waals surface area contributed by atoms with Crippen LogP contribution in [0.4, 0.5) is 0 Å². The van der Waals surface area contributed by atoms with Crippen LogP contribution in [0, 0.1) is 0 Å². The van der Waals surface area contributed by atoms with Gasteiger partial charge in [-0.25, -0.2) is 0 Å². The number of likely N-dealkylation sites (N-methyl/N-ethyl adjacent to an activating group) is 1. The summed E-state index contributed by atoms with van der Waals surface area (Å²) in [6, 6.07) is 3.02. The molecule has 2 heterocycles. The number of hydrogen-bond donors (Lipinski definition) is 1. The molecular weight excluding hydrogens is 210 g/mol. The second-order valence-corrected chi connectivity index (χ2v) is 6.40. The maximum atomic E-state index is 6.01. The van der Waals surface area contributed by atoms with E-state index in [2.05, 4.69) is 16.8 Å². The van der Waals surface area contributed by atoms with Gasteiger partial charge in [-0.15, -0.1) is 0 Å². The lowest BCUT2D eigenvalue weighted by molar-refractivity contribution is 0.134. The number of nitrogens with zero attached hydrogens (tertiary/aromatic N) is 2. The molecule has 98 valence electrons. The highest BCUT2D eigenvalue weighted by Gasteiger charge is 2.36. The summed E-state index contributed by atoms with van der Waals surface area (Å²) in [5, 5.41) is 0. The lowest BCUT2D eigenvalue weighted by Gasteiger charge is -2.37. The second-order valence-electron chi connectivity index (χ2n) is 6.40. The summed E-state index contributed by atoms with van der Waals surface area (Å²) in [7, 11) is 2.34. The van der Waals surface area contributed by atoms with Gasteiger partial charge in [0.1, 0.15) is 0 Å². The highest BCUT2D eigenvalue weighted by atomic mass is 15.3. The highest BCUT2D eigenvalue weighted by molar-refractivity contribution is 4.93. The van der Waals surface area contributed by atoms with Crippen molar-refractivity contribution >= 4 is 0 Å². The van der Waals surface area contributed by atoms with Crippen molar-refractivity contribution < 1.29 is 0 Å². The molecule has 17 heavy (non-hydrogen) atoms. The van der Waals surface area contributed by atoms with Gasteiger partial charge in [-0.1, -0.05) is 0 Å². The second kappa shape index (κ2) is 4.87. The van der Waals surface area contributed by atoms with E-state index in [1.165, 1.54) is 58.0 Å². The molecule has 1 aliphatic carbocycles. The lowest BCUT2D eigenvalue weighted by Crippen LogP contribution is -2.45. The molecule has 3 aliphatic rings. The molecule has 2 atom stereocenters. The number of likely N-dealkylation sites (tertiary alicyclic amines) is 1. The lowest BCUT2D eigenvalue weighted by atomic mass is 9.90. The highest BCUT2D eigenvalue weighted by Crippen LogP contribution is 2.31. The van der Waals surface area contributed by atoms with Gasteiger partial charge in [-0.3, -0.25) is 9.80 Å². The van der Waals surface area contributed by atoms with Crippen molar-refractivity contribution in [2.24, 2.45) is 5.73 Å². The Labute approximate surface area is 105 Å². The summed E-state index contributed by atoms with van der Waals surface area (Å²) in [6.07, 6.45) is 9.39. The smallest absolute Gasteiger partial charge is 0.0223 e. The standard InChI is InChI=1S/C14H27N3/c1-16-12-6-7-14(16)10-17(9-8-12)13-4-2-11(15)3-5-13/h11-14H,2-10,15H2,1H3. The topological polar surface area (TPSA) is 32.5 Å². The molecule has 0 amide bonds. The molecule has 2 unspecified atom stereocenters. The number of nitrogens with two attached hydrogens (primary N) is 1. The third-order valence-electron chi connectivity index (χ3n) is 5.44. The Hall–Kier alpha value is -0.120. The summed E-state index contributed by atoms with van der Waals surface area (Å²) in [5.74, 6) is 0. The van der Waals surface area contributed by atoms with Gasteiger partial charge >= 0.3 is 0 Å².